The van der Waals surface area contributed by atoms with Crippen LogP contribution >= 0.6 is 0 Å². The van der Waals surface area contributed by atoms with E-state index >= 15 is 0 Å². The fraction of sp³-hybridized carbons (Fsp3) is 0.276. The van der Waals surface area contributed by atoms with E-state index in [-0.39, 0.29) is 18.4 Å². The number of ether oxygens (including phenoxy) is 1. The number of hydrogen-bond acceptors (Lipinski definition) is 4. The number of cyclic esters (lactones) is 1. The van der Waals surface area contributed by atoms with E-state index in [2.05, 4.69) is 10.6 Å². The molecule has 3 aromatic rings. The third kappa shape index (κ3) is 5.74. The minimum Gasteiger partial charge on any atom is -0.438 e. The Labute approximate surface area is 211 Å². The molecule has 0 saturated carbocycles. The van der Waals surface area contributed by atoms with Crippen molar-refractivity contribution in [2.75, 3.05) is 11.9 Å². The number of anilines is 1. The second-order valence-corrected chi connectivity index (χ2v) is 9.10. The van der Waals surface area contributed by atoms with Gasteiger partial charge in [-0.15, -0.1) is 0 Å². The highest BCUT2D eigenvalue weighted by Crippen LogP contribution is 2.34. The summed E-state index contributed by atoms with van der Waals surface area (Å²) in [6, 6.07) is 21.5. The van der Waals surface area contributed by atoms with E-state index in [0.717, 1.165) is 23.1 Å². The second-order valence-electron chi connectivity index (χ2n) is 9.10. The molecule has 0 aromatic heterocycles. The van der Waals surface area contributed by atoms with Crippen LogP contribution in [0.15, 0.2) is 72.8 Å². The van der Waals surface area contributed by atoms with E-state index < -0.39 is 18.2 Å². The second kappa shape index (κ2) is 11.1. The van der Waals surface area contributed by atoms with E-state index in [1.165, 1.54) is 4.90 Å². The largest absolute Gasteiger partial charge is 0.438 e. The lowest BCUT2D eigenvalue weighted by molar-refractivity contribution is -0.126. The Kier molecular flexibility index (Phi) is 7.68. The standard InChI is InChI=1S/C29H31N3O4/c1-4-16-30-28(34)25-26(36-29(35)32(25)18-21-10-8-19(2)9-11-21)22-12-14-24(15-13-22)31-27(33)23-7-5-6-20(3)17-23/h5-15,17,25-26H,4,16,18H2,1-3H3,(H,30,34)(H,31,33)/t25-,26-/m0/s1. The molecule has 2 N–H and O–H groups in total. The molecule has 2 atom stereocenters. The van der Waals surface area contributed by atoms with Crippen LogP contribution in [0, 0.1) is 13.8 Å². The quantitative estimate of drug-likeness (QED) is 0.462. The maximum Gasteiger partial charge on any atom is 0.411 e. The van der Waals surface area contributed by atoms with E-state index in [1.54, 1.807) is 30.3 Å². The van der Waals surface area contributed by atoms with Crippen molar-refractivity contribution in [3.05, 3.63) is 101 Å². The molecule has 0 spiro atoms. The zero-order valence-electron chi connectivity index (χ0n) is 20.8. The highest BCUT2D eigenvalue weighted by molar-refractivity contribution is 6.04. The highest BCUT2D eigenvalue weighted by Gasteiger charge is 2.46. The molecule has 4 rings (SSSR count). The number of rotatable bonds is 8. The Morgan fingerprint density at radius 2 is 1.67 bits per heavy atom. The fourth-order valence-corrected chi connectivity index (χ4v) is 4.20. The lowest BCUT2D eigenvalue weighted by Gasteiger charge is -2.24. The SMILES string of the molecule is CCCNC(=O)[C@@H]1[C@H](c2ccc(NC(=O)c3cccc(C)c3)cc2)OC(=O)N1Cc1ccc(C)cc1. The number of carbonyl (C=O) groups excluding carboxylic acids is 3. The summed E-state index contributed by atoms with van der Waals surface area (Å²) in [6.07, 6.45) is -0.513. The average molecular weight is 486 g/mol. The molecule has 7 nitrogen and oxygen atoms in total. The predicted octanol–water partition coefficient (Wildman–Crippen LogP) is 5.14. The Hall–Kier alpha value is -4.13. The van der Waals surface area contributed by atoms with Gasteiger partial charge in [0.1, 0.15) is 0 Å². The predicted molar refractivity (Wildman–Crippen MR) is 139 cm³/mol. The first kappa shape index (κ1) is 25.0. The van der Waals surface area contributed by atoms with Crippen molar-refractivity contribution in [2.24, 2.45) is 0 Å². The van der Waals surface area contributed by atoms with Crippen molar-refractivity contribution in [3.63, 3.8) is 0 Å². The zero-order valence-corrected chi connectivity index (χ0v) is 20.8. The molecular weight excluding hydrogens is 454 g/mol. The summed E-state index contributed by atoms with van der Waals surface area (Å²) in [5.41, 5.74) is 4.90. The average Bonchev–Trinajstić information content (AvgIpc) is 3.20. The van der Waals surface area contributed by atoms with Gasteiger partial charge in [0.05, 0.1) is 6.54 Å². The molecule has 1 heterocycles. The monoisotopic (exact) mass is 485 g/mol. The number of aryl methyl sites for hydroxylation is 2. The van der Waals surface area contributed by atoms with Crippen LogP contribution in [0.2, 0.25) is 0 Å². The molecule has 0 radical (unpaired) electrons. The third-order valence-corrected chi connectivity index (χ3v) is 6.15. The fourth-order valence-electron chi connectivity index (χ4n) is 4.20. The summed E-state index contributed by atoms with van der Waals surface area (Å²) >= 11 is 0. The van der Waals surface area contributed by atoms with E-state index in [1.807, 2.05) is 63.2 Å². The van der Waals surface area contributed by atoms with Crippen LogP contribution < -0.4 is 10.6 Å². The molecule has 1 saturated heterocycles. The van der Waals surface area contributed by atoms with Gasteiger partial charge in [-0.3, -0.25) is 14.5 Å². The summed E-state index contributed by atoms with van der Waals surface area (Å²) in [5.74, 6) is -0.462. The van der Waals surface area contributed by atoms with Crippen LogP contribution in [0.4, 0.5) is 10.5 Å². The molecule has 186 valence electrons. The first-order valence-electron chi connectivity index (χ1n) is 12.1. The molecule has 7 heteroatoms. The van der Waals surface area contributed by atoms with Crippen LogP contribution in [-0.2, 0) is 16.1 Å². The highest BCUT2D eigenvalue weighted by atomic mass is 16.6. The minimum absolute atomic E-state index is 0.208. The van der Waals surface area contributed by atoms with Gasteiger partial charge in [0.15, 0.2) is 12.1 Å². The first-order valence-corrected chi connectivity index (χ1v) is 12.1. The molecule has 36 heavy (non-hydrogen) atoms. The number of hydrogen-bond donors (Lipinski definition) is 2. The van der Waals surface area contributed by atoms with Gasteiger partial charge < -0.3 is 15.4 Å². The van der Waals surface area contributed by atoms with Crippen molar-refractivity contribution in [3.8, 4) is 0 Å². The van der Waals surface area contributed by atoms with Crippen molar-refractivity contribution >= 4 is 23.6 Å². The minimum atomic E-state index is -0.807. The van der Waals surface area contributed by atoms with Gasteiger partial charge in [0.2, 0.25) is 5.91 Å². The Balaban J connectivity index is 1.54. The summed E-state index contributed by atoms with van der Waals surface area (Å²) in [5, 5.41) is 5.79. The van der Waals surface area contributed by atoms with Gasteiger partial charge >= 0.3 is 6.09 Å². The number of carbonyl (C=O) groups is 3. The molecule has 1 aliphatic heterocycles. The molecule has 1 aliphatic rings. The van der Waals surface area contributed by atoms with Gasteiger partial charge in [-0.05, 0) is 55.7 Å². The van der Waals surface area contributed by atoms with Gasteiger partial charge in [-0.25, -0.2) is 4.79 Å². The first-order chi connectivity index (χ1) is 17.4. The third-order valence-electron chi connectivity index (χ3n) is 6.15. The molecule has 3 aromatic carbocycles. The van der Waals surface area contributed by atoms with Crippen LogP contribution in [0.3, 0.4) is 0 Å². The van der Waals surface area contributed by atoms with E-state index in [4.69, 9.17) is 4.74 Å². The van der Waals surface area contributed by atoms with Crippen LogP contribution in [-0.4, -0.2) is 35.4 Å². The molecule has 1 fully saturated rings. The number of nitrogens with zero attached hydrogens (tertiary/aromatic N) is 1. The topological polar surface area (TPSA) is 87.7 Å². The summed E-state index contributed by atoms with van der Waals surface area (Å²) in [6.45, 7) is 6.69. The molecule has 0 unspecified atom stereocenters. The maximum absolute atomic E-state index is 13.1. The lowest BCUT2D eigenvalue weighted by Crippen LogP contribution is -2.46. The summed E-state index contributed by atoms with van der Waals surface area (Å²) in [7, 11) is 0. The normalized spacial score (nSPS) is 17.0. The Morgan fingerprint density at radius 1 is 0.944 bits per heavy atom. The lowest BCUT2D eigenvalue weighted by atomic mass is 10.00. The molecular formula is C29H31N3O4. The molecule has 0 aliphatic carbocycles. The molecule has 3 amide bonds. The Morgan fingerprint density at radius 3 is 2.33 bits per heavy atom. The van der Waals surface area contributed by atoms with Crippen molar-refractivity contribution in [1.82, 2.24) is 10.2 Å². The van der Waals surface area contributed by atoms with Crippen molar-refractivity contribution < 1.29 is 19.1 Å². The van der Waals surface area contributed by atoms with Crippen LogP contribution in [0.5, 0.6) is 0 Å². The van der Waals surface area contributed by atoms with E-state index in [0.29, 0.717) is 23.4 Å². The van der Waals surface area contributed by atoms with E-state index in [9.17, 15) is 14.4 Å². The number of amides is 3. The van der Waals surface area contributed by atoms with Crippen LogP contribution in [0.25, 0.3) is 0 Å². The Bertz CT molecular complexity index is 1240. The van der Waals surface area contributed by atoms with Crippen LogP contribution in [0.1, 0.15) is 52.1 Å². The summed E-state index contributed by atoms with van der Waals surface area (Å²) in [4.78, 5) is 40.1. The zero-order chi connectivity index (χ0) is 25.7. The van der Waals surface area contributed by atoms with Crippen molar-refractivity contribution in [1.29, 1.82) is 0 Å². The maximum atomic E-state index is 13.1. The number of nitrogens with one attached hydrogen (secondary N) is 2. The summed E-state index contributed by atoms with van der Waals surface area (Å²) < 4.78 is 5.71. The molecule has 0 bridgehead atoms. The van der Waals surface area contributed by atoms with Gasteiger partial charge in [-0.2, -0.15) is 0 Å². The van der Waals surface area contributed by atoms with Gasteiger partial charge in [0, 0.05) is 17.8 Å². The smallest absolute Gasteiger partial charge is 0.411 e. The van der Waals surface area contributed by atoms with Gasteiger partial charge in [-0.1, -0.05) is 66.6 Å². The van der Waals surface area contributed by atoms with Gasteiger partial charge in [0.25, 0.3) is 5.91 Å². The van der Waals surface area contributed by atoms with Crippen molar-refractivity contribution in [2.45, 2.75) is 45.9 Å². The number of benzene rings is 3.